The van der Waals surface area contributed by atoms with Gasteiger partial charge in [0.25, 0.3) is 0 Å². The Morgan fingerprint density at radius 2 is 0.867 bits per heavy atom. The predicted molar refractivity (Wildman–Crippen MR) is 196 cm³/mol. The minimum absolute atomic E-state index is 0.0948. The van der Waals surface area contributed by atoms with Crippen LogP contribution in [0.25, 0.3) is 0 Å². The van der Waals surface area contributed by atoms with Gasteiger partial charge >= 0.3 is 5.97 Å². The molecule has 0 radical (unpaired) electrons. The van der Waals surface area contributed by atoms with Crippen LogP contribution in [0.5, 0.6) is 0 Å². The number of hydrogen-bond acceptors (Lipinski definition) is 5. The molecule has 1 atom stereocenters. The molecule has 0 saturated carbocycles. The highest BCUT2D eigenvalue weighted by Crippen LogP contribution is 2.18. The molecule has 45 heavy (non-hydrogen) atoms. The van der Waals surface area contributed by atoms with Gasteiger partial charge < -0.3 is 10.1 Å². The van der Waals surface area contributed by atoms with Gasteiger partial charge in [-0.1, -0.05) is 180 Å². The van der Waals surface area contributed by atoms with Crippen LogP contribution in [0, 0.1) is 0 Å². The third-order valence-electron chi connectivity index (χ3n) is 8.43. The highest BCUT2D eigenvalue weighted by atomic mass is 32.2. The van der Waals surface area contributed by atoms with E-state index in [1.807, 2.05) is 20.8 Å². The van der Waals surface area contributed by atoms with Crippen LogP contribution in [0.4, 0.5) is 0 Å². The lowest BCUT2D eigenvalue weighted by molar-refractivity contribution is -0.157. The van der Waals surface area contributed by atoms with Gasteiger partial charge in [0.05, 0.1) is 0 Å². The second-order valence-electron chi connectivity index (χ2n) is 14.3. The molecule has 0 unspecified atom stereocenters. The molecule has 6 heteroatoms. The Labute approximate surface area is 284 Å². The van der Waals surface area contributed by atoms with Crippen molar-refractivity contribution in [1.29, 1.82) is 0 Å². The monoisotopic (exact) mass is 654 g/mol. The van der Waals surface area contributed by atoms with Gasteiger partial charge in [0.1, 0.15) is 11.6 Å². The highest BCUT2D eigenvalue weighted by Gasteiger charge is 2.27. The van der Waals surface area contributed by atoms with E-state index >= 15 is 0 Å². The third-order valence-corrected chi connectivity index (χ3v) is 9.46. The van der Waals surface area contributed by atoms with Crippen molar-refractivity contribution in [3.05, 3.63) is 0 Å². The predicted octanol–water partition coefficient (Wildman–Crippen LogP) is 12.0. The molecule has 1 amide bonds. The minimum atomic E-state index is -0.792. The van der Waals surface area contributed by atoms with Crippen molar-refractivity contribution in [3.8, 4) is 0 Å². The molecule has 266 valence electrons. The average Bonchev–Trinajstić information content (AvgIpc) is 2.99. The number of unbranched alkanes of at least 4 members (excludes halogenated alkanes) is 24. The van der Waals surface area contributed by atoms with Gasteiger partial charge in [-0.25, -0.2) is 4.79 Å². The molecule has 0 heterocycles. The van der Waals surface area contributed by atoms with Crippen molar-refractivity contribution in [1.82, 2.24) is 5.32 Å². The molecule has 0 aliphatic rings. The van der Waals surface area contributed by atoms with Gasteiger partial charge in [0.15, 0.2) is 5.12 Å². The van der Waals surface area contributed by atoms with E-state index in [1.54, 1.807) is 0 Å². The Balaban J connectivity index is 4.08. The zero-order chi connectivity index (χ0) is 33.4. The normalized spacial score (nSPS) is 12.3. The molecule has 5 nitrogen and oxygen atoms in total. The Hall–Kier alpha value is -1.04. The summed E-state index contributed by atoms with van der Waals surface area (Å²) in [6.45, 7) is 10.00. The van der Waals surface area contributed by atoms with Crippen LogP contribution in [-0.2, 0) is 19.1 Å². The number of ether oxygens (including phenoxy) is 1. The molecule has 0 aliphatic carbocycles. The maximum absolute atomic E-state index is 12.8. The van der Waals surface area contributed by atoms with Gasteiger partial charge in [0.2, 0.25) is 5.91 Å². The van der Waals surface area contributed by atoms with Gasteiger partial charge in [0, 0.05) is 18.6 Å². The van der Waals surface area contributed by atoms with Gasteiger partial charge in [-0.15, -0.1) is 0 Å². The maximum atomic E-state index is 12.8. The number of carbonyl (C=O) groups excluding carboxylic acids is 3. The number of thioether (sulfide) groups is 1. The van der Waals surface area contributed by atoms with Crippen molar-refractivity contribution >= 4 is 28.8 Å². The van der Waals surface area contributed by atoms with Crippen molar-refractivity contribution < 1.29 is 19.1 Å². The van der Waals surface area contributed by atoms with Crippen molar-refractivity contribution in [2.24, 2.45) is 0 Å². The topological polar surface area (TPSA) is 72.5 Å². The first-order valence-electron chi connectivity index (χ1n) is 19.4. The first kappa shape index (κ1) is 44.0. The van der Waals surface area contributed by atoms with E-state index in [1.165, 1.54) is 135 Å². The SMILES string of the molecule is CCCCCCCCCCCCCCCC(=O)N[C@@H](CSC(=O)CCCCCCCCCCCCCCC)C(=O)OC(C)(C)C. The highest BCUT2D eigenvalue weighted by molar-refractivity contribution is 8.13. The molecule has 1 N–H and O–H groups in total. The largest absolute Gasteiger partial charge is 0.458 e. The second kappa shape index (κ2) is 31.6. The molecule has 0 aromatic rings. The molecular formula is C39H75NO4S. The Bertz CT molecular complexity index is 706. The smallest absolute Gasteiger partial charge is 0.330 e. The number of nitrogens with one attached hydrogen (secondary N) is 1. The van der Waals surface area contributed by atoms with Crippen molar-refractivity contribution in [2.75, 3.05) is 5.75 Å². The lowest BCUT2D eigenvalue weighted by Crippen LogP contribution is -2.46. The molecule has 0 bridgehead atoms. The Morgan fingerprint density at radius 3 is 1.22 bits per heavy atom. The molecule has 0 aliphatic heterocycles. The van der Waals surface area contributed by atoms with E-state index < -0.39 is 17.6 Å². The number of esters is 1. The summed E-state index contributed by atoms with van der Waals surface area (Å²) in [5.74, 6) is -0.350. The summed E-state index contributed by atoms with van der Waals surface area (Å²) in [5, 5.41) is 2.96. The quantitative estimate of drug-likeness (QED) is 0.0578. The van der Waals surface area contributed by atoms with Crippen LogP contribution in [-0.4, -0.2) is 34.4 Å². The van der Waals surface area contributed by atoms with Gasteiger partial charge in [-0.05, 0) is 33.6 Å². The number of carbonyl (C=O) groups is 3. The van der Waals surface area contributed by atoms with Crippen LogP contribution < -0.4 is 5.32 Å². The van der Waals surface area contributed by atoms with Crippen LogP contribution in [0.1, 0.15) is 214 Å². The molecule has 0 spiro atoms. The lowest BCUT2D eigenvalue weighted by atomic mass is 10.0. The number of hydrogen-bond donors (Lipinski definition) is 1. The minimum Gasteiger partial charge on any atom is -0.458 e. The summed E-state index contributed by atoms with van der Waals surface area (Å²) in [5.41, 5.74) is -0.640. The molecular weight excluding hydrogens is 578 g/mol. The summed E-state index contributed by atoms with van der Waals surface area (Å²) in [7, 11) is 0. The Kier molecular flexibility index (Phi) is 30.8. The summed E-state index contributed by atoms with van der Waals surface area (Å²) < 4.78 is 5.56. The maximum Gasteiger partial charge on any atom is 0.330 e. The number of amides is 1. The van der Waals surface area contributed by atoms with Crippen LogP contribution >= 0.6 is 11.8 Å². The van der Waals surface area contributed by atoms with Crippen molar-refractivity contribution in [2.45, 2.75) is 226 Å². The fourth-order valence-corrected chi connectivity index (χ4v) is 6.51. The summed E-state index contributed by atoms with van der Waals surface area (Å²) >= 11 is 1.16. The fourth-order valence-electron chi connectivity index (χ4n) is 5.65. The first-order chi connectivity index (χ1) is 21.7. The average molecular weight is 654 g/mol. The van der Waals surface area contributed by atoms with E-state index in [0.717, 1.165) is 43.9 Å². The zero-order valence-corrected chi connectivity index (χ0v) is 31.4. The third kappa shape index (κ3) is 32.7. The molecule has 0 fully saturated rings. The second-order valence-corrected chi connectivity index (χ2v) is 15.4. The first-order valence-corrected chi connectivity index (χ1v) is 20.4. The lowest BCUT2D eigenvalue weighted by Gasteiger charge is -2.24. The van der Waals surface area contributed by atoms with E-state index in [9.17, 15) is 14.4 Å². The zero-order valence-electron chi connectivity index (χ0n) is 30.6. The fraction of sp³-hybridized carbons (Fsp3) is 0.923. The van der Waals surface area contributed by atoms with E-state index in [4.69, 9.17) is 4.74 Å². The van der Waals surface area contributed by atoms with E-state index in [0.29, 0.717) is 12.8 Å². The summed E-state index contributed by atoms with van der Waals surface area (Å²) in [6.07, 6.45) is 34.0. The van der Waals surface area contributed by atoms with Gasteiger partial charge in [-0.2, -0.15) is 0 Å². The molecule has 0 aromatic heterocycles. The summed E-state index contributed by atoms with van der Waals surface area (Å²) in [6, 6.07) is -0.792. The van der Waals surface area contributed by atoms with Crippen molar-refractivity contribution in [3.63, 3.8) is 0 Å². The van der Waals surface area contributed by atoms with Gasteiger partial charge in [-0.3, -0.25) is 9.59 Å². The Morgan fingerprint density at radius 1 is 0.533 bits per heavy atom. The standard InChI is InChI=1S/C39H75NO4S/c1-6-8-10-12-14-16-18-20-22-24-26-28-30-32-36(41)40-35(38(43)44-39(3,4)5)34-45-37(42)33-31-29-27-25-23-21-19-17-15-13-11-9-7-2/h35H,6-34H2,1-5H3,(H,40,41)/t35-/m0/s1. The molecule has 0 aromatic carbocycles. The van der Waals surface area contributed by atoms with E-state index in [-0.39, 0.29) is 16.8 Å². The van der Waals surface area contributed by atoms with Crippen LogP contribution in [0.15, 0.2) is 0 Å². The van der Waals surface area contributed by atoms with Crippen LogP contribution in [0.2, 0.25) is 0 Å². The summed E-state index contributed by atoms with van der Waals surface area (Å²) in [4.78, 5) is 38.0. The van der Waals surface area contributed by atoms with Crippen LogP contribution in [0.3, 0.4) is 0 Å². The van der Waals surface area contributed by atoms with E-state index in [2.05, 4.69) is 19.2 Å². The number of rotatable bonds is 32. The molecule has 0 saturated heterocycles. The molecule has 0 rings (SSSR count).